The standard InChI is InChI=1S/C26H34N6O3/c1-5-27-26(35)25-29-28-24(21-14-20(17(2)3)22(33)15-23(21)34)32(25)19-8-6-18(7-9-19)16-31-12-10-30(4)11-13-31/h6-9,14-15,17,33-34H,5,10-13,16H2,1-4H3,(H,27,35). The number of aromatic nitrogens is 3. The van der Waals surface area contributed by atoms with Gasteiger partial charge in [-0.1, -0.05) is 26.0 Å². The maximum atomic E-state index is 12.8. The molecule has 0 radical (unpaired) electrons. The average Bonchev–Trinajstić information content (AvgIpc) is 3.26. The third kappa shape index (κ3) is 5.31. The number of amides is 1. The molecule has 0 unspecified atom stereocenters. The fraction of sp³-hybridized carbons (Fsp3) is 0.423. The number of nitrogens with one attached hydrogen (secondary N) is 1. The molecule has 0 saturated carbocycles. The van der Waals surface area contributed by atoms with Crippen LogP contribution in [0.3, 0.4) is 0 Å². The summed E-state index contributed by atoms with van der Waals surface area (Å²) in [6, 6.07) is 11.0. The average molecular weight is 479 g/mol. The SMILES string of the molecule is CCNC(=O)c1nnc(-c2cc(C(C)C)c(O)cc2O)n1-c1ccc(CN2CCN(C)CC2)cc1. The van der Waals surface area contributed by atoms with Crippen molar-refractivity contribution in [3.05, 3.63) is 53.3 Å². The number of nitrogens with zero attached hydrogens (tertiary/aromatic N) is 5. The Labute approximate surface area is 206 Å². The van der Waals surface area contributed by atoms with E-state index < -0.39 is 0 Å². The second kappa shape index (κ2) is 10.5. The van der Waals surface area contributed by atoms with Crippen molar-refractivity contribution in [1.82, 2.24) is 29.9 Å². The highest BCUT2D eigenvalue weighted by Crippen LogP contribution is 2.38. The van der Waals surface area contributed by atoms with Gasteiger partial charge in [0.1, 0.15) is 11.5 Å². The third-order valence-corrected chi connectivity index (χ3v) is 6.41. The normalized spacial score (nSPS) is 15.0. The predicted octanol–water partition coefficient (Wildman–Crippen LogP) is 2.97. The van der Waals surface area contributed by atoms with Crippen LogP contribution in [0, 0.1) is 0 Å². The van der Waals surface area contributed by atoms with Crippen LogP contribution in [0.15, 0.2) is 36.4 Å². The van der Waals surface area contributed by atoms with Crippen molar-refractivity contribution < 1.29 is 15.0 Å². The molecular formula is C26H34N6O3. The van der Waals surface area contributed by atoms with E-state index in [9.17, 15) is 15.0 Å². The molecule has 9 nitrogen and oxygen atoms in total. The summed E-state index contributed by atoms with van der Waals surface area (Å²) in [6.45, 7) is 11.3. The molecule has 1 fully saturated rings. The Balaban J connectivity index is 1.73. The van der Waals surface area contributed by atoms with Gasteiger partial charge in [0.05, 0.1) is 5.56 Å². The highest BCUT2D eigenvalue weighted by molar-refractivity contribution is 5.92. The Morgan fingerprint density at radius 2 is 1.71 bits per heavy atom. The van der Waals surface area contributed by atoms with Crippen LogP contribution >= 0.6 is 0 Å². The van der Waals surface area contributed by atoms with E-state index in [0.29, 0.717) is 29.2 Å². The molecule has 1 aliphatic rings. The van der Waals surface area contributed by atoms with E-state index in [1.54, 1.807) is 10.6 Å². The number of phenols is 2. The Bertz CT molecular complexity index is 1180. The first kappa shape index (κ1) is 24.7. The number of aromatic hydroxyl groups is 2. The zero-order valence-electron chi connectivity index (χ0n) is 20.8. The van der Waals surface area contributed by atoms with Gasteiger partial charge >= 0.3 is 0 Å². The van der Waals surface area contributed by atoms with E-state index in [-0.39, 0.29) is 29.1 Å². The molecule has 35 heavy (non-hydrogen) atoms. The lowest BCUT2D eigenvalue weighted by Crippen LogP contribution is -2.43. The van der Waals surface area contributed by atoms with Gasteiger partial charge in [0, 0.05) is 51.0 Å². The molecule has 0 bridgehead atoms. The van der Waals surface area contributed by atoms with Crippen molar-refractivity contribution >= 4 is 5.91 Å². The van der Waals surface area contributed by atoms with Gasteiger partial charge in [-0.25, -0.2) is 0 Å². The lowest BCUT2D eigenvalue weighted by molar-refractivity contribution is 0.0943. The molecule has 3 N–H and O–H groups in total. The lowest BCUT2D eigenvalue weighted by Gasteiger charge is -2.32. The van der Waals surface area contributed by atoms with Crippen LogP contribution in [0.1, 0.15) is 48.4 Å². The molecule has 0 spiro atoms. The third-order valence-electron chi connectivity index (χ3n) is 6.41. The number of benzene rings is 2. The minimum Gasteiger partial charge on any atom is -0.508 e. The summed E-state index contributed by atoms with van der Waals surface area (Å²) in [5.74, 6) is 0.0291. The van der Waals surface area contributed by atoms with Gasteiger partial charge in [-0.3, -0.25) is 14.3 Å². The lowest BCUT2D eigenvalue weighted by atomic mass is 9.98. The Hall–Kier alpha value is -3.43. The Kier molecular flexibility index (Phi) is 7.37. The van der Waals surface area contributed by atoms with E-state index in [2.05, 4.69) is 44.5 Å². The number of phenolic OH excluding ortho intramolecular Hbond substituents is 2. The second-order valence-corrected chi connectivity index (χ2v) is 9.37. The van der Waals surface area contributed by atoms with E-state index in [1.807, 2.05) is 32.9 Å². The van der Waals surface area contributed by atoms with E-state index in [0.717, 1.165) is 32.7 Å². The molecule has 3 aromatic rings. The number of likely N-dealkylation sites (N-methyl/N-ethyl adjacent to an activating group) is 1. The Morgan fingerprint density at radius 3 is 2.34 bits per heavy atom. The predicted molar refractivity (Wildman–Crippen MR) is 135 cm³/mol. The second-order valence-electron chi connectivity index (χ2n) is 9.37. The highest BCUT2D eigenvalue weighted by atomic mass is 16.3. The van der Waals surface area contributed by atoms with Crippen molar-refractivity contribution in [3.63, 3.8) is 0 Å². The molecule has 1 aromatic heterocycles. The monoisotopic (exact) mass is 478 g/mol. The number of hydrogen-bond donors (Lipinski definition) is 3. The molecule has 1 amide bonds. The molecule has 0 atom stereocenters. The summed E-state index contributed by atoms with van der Waals surface area (Å²) in [6.07, 6.45) is 0. The summed E-state index contributed by atoms with van der Waals surface area (Å²) in [7, 11) is 2.14. The number of hydrogen-bond acceptors (Lipinski definition) is 7. The van der Waals surface area contributed by atoms with Crippen LogP contribution < -0.4 is 5.32 Å². The smallest absolute Gasteiger partial charge is 0.289 e. The van der Waals surface area contributed by atoms with Gasteiger partial charge in [0.2, 0.25) is 5.82 Å². The quantitative estimate of drug-likeness (QED) is 0.479. The van der Waals surface area contributed by atoms with Gasteiger partial charge in [-0.05, 0) is 49.2 Å². The van der Waals surface area contributed by atoms with Crippen molar-refractivity contribution in [2.45, 2.75) is 33.2 Å². The van der Waals surface area contributed by atoms with Crippen molar-refractivity contribution in [2.24, 2.45) is 0 Å². The van der Waals surface area contributed by atoms with Gasteiger partial charge in [-0.15, -0.1) is 10.2 Å². The largest absolute Gasteiger partial charge is 0.508 e. The first-order chi connectivity index (χ1) is 16.8. The van der Waals surface area contributed by atoms with Gasteiger partial charge < -0.3 is 20.4 Å². The Morgan fingerprint density at radius 1 is 1.03 bits per heavy atom. The summed E-state index contributed by atoms with van der Waals surface area (Å²) in [5.41, 5.74) is 2.97. The number of piperazine rings is 1. The van der Waals surface area contributed by atoms with Crippen molar-refractivity contribution in [1.29, 1.82) is 0 Å². The highest BCUT2D eigenvalue weighted by Gasteiger charge is 2.24. The summed E-state index contributed by atoms with van der Waals surface area (Å²) >= 11 is 0. The van der Waals surface area contributed by atoms with Crippen LogP contribution in [0.5, 0.6) is 11.5 Å². The molecule has 9 heteroatoms. The van der Waals surface area contributed by atoms with Crippen LogP contribution in [0.25, 0.3) is 17.1 Å². The zero-order chi connectivity index (χ0) is 25.1. The minimum atomic E-state index is -0.352. The number of carbonyl (C=O) groups excluding carboxylic acids is 1. The molecule has 1 aliphatic heterocycles. The summed E-state index contributed by atoms with van der Waals surface area (Å²) in [4.78, 5) is 17.6. The summed E-state index contributed by atoms with van der Waals surface area (Å²) in [5, 5.41) is 32.2. The molecule has 0 aliphatic carbocycles. The van der Waals surface area contributed by atoms with Crippen molar-refractivity contribution in [3.8, 4) is 28.6 Å². The molecule has 2 heterocycles. The maximum Gasteiger partial charge on any atom is 0.289 e. The molecule has 4 rings (SSSR count). The van der Waals surface area contributed by atoms with Crippen LogP contribution in [0.4, 0.5) is 0 Å². The van der Waals surface area contributed by atoms with E-state index in [4.69, 9.17) is 0 Å². The van der Waals surface area contributed by atoms with E-state index >= 15 is 0 Å². The molecule has 2 aromatic carbocycles. The van der Waals surface area contributed by atoms with Crippen LogP contribution in [-0.2, 0) is 6.54 Å². The fourth-order valence-corrected chi connectivity index (χ4v) is 4.34. The molecule has 1 saturated heterocycles. The first-order valence-corrected chi connectivity index (χ1v) is 12.1. The number of carbonyl (C=O) groups is 1. The van der Waals surface area contributed by atoms with Crippen molar-refractivity contribution in [2.75, 3.05) is 39.8 Å². The minimum absolute atomic E-state index is 0.0181. The number of rotatable bonds is 7. The molecular weight excluding hydrogens is 444 g/mol. The van der Waals surface area contributed by atoms with Gasteiger partial charge in [0.15, 0.2) is 5.82 Å². The van der Waals surface area contributed by atoms with Crippen LogP contribution in [0.2, 0.25) is 0 Å². The van der Waals surface area contributed by atoms with E-state index in [1.165, 1.54) is 11.6 Å². The maximum absolute atomic E-state index is 12.8. The van der Waals surface area contributed by atoms with Gasteiger partial charge in [0.25, 0.3) is 5.91 Å². The summed E-state index contributed by atoms with van der Waals surface area (Å²) < 4.78 is 1.65. The topological polar surface area (TPSA) is 107 Å². The molecule has 186 valence electrons. The van der Waals surface area contributed by atoms with Crippen LogP contribution in [-0.4, -0.2) is 80.5 Å². The zero-order valence-corrected chi connectivity index (χ0v) is 20.8. The fourth-order valence-electron chi connectivity index (χ4n) is 4.34. The van der Waals surface area contributed by atoms with Gasteiger partial charge in [-0.2, -0.15) is 0 Å². The first-order valence-electron chi connectivity index (χ1n) is 12.1.